The van der Waals surface area contributed by atoms with Crippen molar-refractivity contribution in [3.8, 4) is 0 Å². The minimum absolute atomic E-state index is 0.326. The first-order valence-electron chi connectivity index (χ1n) is 8.03. The lowest BCUT2D eigenvalue weighted by Gasteiger charge is -2.31. The van der Waals surface area contributed by atoms with Crippen molar-refractivity contribution in [1.29, 1.82) is 0 Å². The molecule has 0 radical (unpaired) electrons. The first kappa shape index (κ1) is 13.4. The van der Waals surface area contributed by atoms with E-state index in [0.29, 0.717) is 30.5 Å². The van der Waals surface area contributed by atoms with Crippen LogP contribution in [0.25, 0.3) is 0 Å². The van der Waals surface area contributed by atoms with Crippen molar-refractivity contribution in [1.82, 2.24) is 15.1 Å². The summed E-state index contributed by atoms with van der Waals surface area (Å²) < 4.78 is 0. The van der Waals surface area contributed by atoms with Gasteiger partial charge < -0.3 is 9.80 Å². The summed E-state index contributed by atoms with van der Waals surface area (Å²) in [5, 5.41) is 3.46. The molecule has 1 saturated carbocycles. The molecule has 0 aromatic heterocycles. The summed E-state index contributed by atoms with van der Waals surface area (Å²) in [5.41, 5.74) is 0. The summed E-state index contributed by atoms with van der Waals surface area (Å²) in [6.07, 6.45) is 6.89. The Hall–Kier alpha value is -0.610. The Bertz CT molecular complexity index is 327. The maximum atomic E-state index is 12.1. The Morgan fingerprint density at radius 3 is 2.74 bits per heavy atom. The van der Waals surface area contributed by atoms with E-state index in [0.717, 1.165) is 13.1 Å². The van der Waals surface area contributed by atoms with Crippen molar-refractivity contribution in [2.24, 2.45) is 11.8 Å². The van der Waals surface area contributed by atoms with Gasteiger partial charge in [-0.15, -0.1) is 0 Å². The van der Waals surface area contributed by atoms with Gasteiger partial charge in [0.1, 0.15) is 0 Å². The number of carbonyl (C=O) groups excluding carboxylic acids is 1. The van der Waals surface area contributed by atoms with Crippen molar-refractivity contribution in [2.45, 2.75) is 45.2 Å². The van der Waals surface area contributed by atoms with Gasteiger partial charge in [0, 0.05) is 13.1 Å². The Morgan fingerprint density at radius 2 is 2.05 bits per heavy atom. The number of nitrogens with zero attached hydrogens (tertiary/aromatic N) is 2. The van der Waals surface area contributed by atoms with Crippen LogP contribution in [0, 0.1) is 11.8 Å². The van der Waals surface area contributed by atoms with Gasteiger partial charge in [0.2, 0.25) is 5.91 Å². The zero-order valence-electron chi connectivity index (χ0n) is 12.1. The van der Waals surface area contributed by atoms with E-state index in [-0.39, 0.29) is 0 Å². The van der Waals surface area contributed by atoms with E-state index in [1.165, 1.54) is 45.2 Å². The zero-order chi connectivity index (χ0) is 13.2. The molecule has 3 aliphatic rings. The fraction of sp³-hybridized carbons (Fsp3) is 0.933. The molecule has 2 saturated heterocycles. The number of amides is 1. The highest BCUT2D eigenvalue weighted by Crippen LogP contribution is 2.31. The summed E-state index contributed by atoms with van der Waals surface area (Å²) in [6.45, 7) is 7.30. The normalized spacial score (nSPS) is 33.7. The summed E-state index contributed by atoms with van der Waals surface area (Å²) in [7, 11) is 0. The van der Waals surface area contributed by atoms with Gasteiger partial charge in [-0.25, -0.2) is 0 Å². The number of nitrogens with one attached hydrogen (secondary N) is 1. The molecule has 0 bridgehead atoms. The third kappa shape index (κ3) is 2.79. The van der Waals surface area contributed by atoms with Crippen LogP contribution in [-0.2, 0) is 4.79 Å². The van der Waals surface area contributed by atoms with E-state index < -0.39 is 0 Å². The molecule has 108 valence electrons. The minimum atomic E-state index is 0.326. The fourth-order valence-electron chi connectivity index (χ4n) is 4.10. The highest BCUT2D eigenvalue weighted by molar-refractivity contribution is 5.80. The van der Waals surface area contributed by atoms with E-state index in [9.17, 15) is 4.79 Å². The number of carbonyl (C=O) groups is 1. The monoisotopic (exact) mass is 265 g/mol. The molecule has 0 aromatic carbocycles. The van der Waals surface area contributed by atoms with Crippen molar-refractivity contribution in [3.63, 3.8) is 0 Å². The van der Waals surface area contributed by atoms with E-state index >= 15 is 0 Å². The highest BCUT2D eigenvalue weighted by Gasteiger charge is 2.38. The molecule has 4 heteroatoms. The second-order valence-electron chi connectivity index (χ2n) is 6.46. The average molecular weight is 265 g/mol. The van der Waals surface area contributed by atoms with Gasteiger partial charge in [-0.3, -0.25) is 10.1 Å². The topological polar surface area (TPSA) is 35.6 Å². The van der Waals surface area contributed by atoms with Gasteiger partial charge in [0.15, 0.2) is 0 Å². The predicted octanol–water partition coefficient (Wildman–Crippen LogP) is 1.28. The number of hydrogen-bond acceptors (Lipinski definition) is 3. The lowest BCUT2D eigenvalue weighted by atomic mass is 10.0. The Morgan fingerprint density at radius 1 is 1.26 bits per heavy atom. The molecular weight excluding hydrogens is 238 g/mol. The third-order valence-electron chi connectivity index (χ3n) is 5.24. The number of likely N-dealkylation sites (tertiary alicyclic amines) is 1. The quantitative estimate of drug-likeness (QED) is 0.831. The maximum Gasteiger partial charge on any atom is 0.237 e. The first-order valence-corrected chi connectivity index (χ1v) is 8.03. The standard InChI is InChI=1S/C15H27N3O/c1-2-17-8-7-12(10-17)11-18-14(19)9-16-15(18)13-5-3-4-6-13/h12-13,15-16H,2-11H2,1H3. The maximum absolute atomic E-state index is 12.1. The molecule has 0 aromatic rings. The van der Waals surface area contributed by atoms with Gasteiger partial charge >= 0.3 is 0 Å². The molecule has 1 amide bonds. The Balaban J connectivity index is 1.59. The predicted molar refractivity (Wildman–Crippen MR) is 75.7 cm³/mol. The molecule has 2 unspecified atom stereocenters. The van der Waals surface area contributed by atoms with Crippen molar-refractivity contribution in [2.75, 3.05) is 32.7 Å². The molecular formula is C15H27N3O. The van der Waals surface area contributed by atoms with Crippen LogP contribution in [0.1, 0.15) is 39.0 Å². The third-order valence-corrected chi connectivity index (χ3v) is 5.24. The molecule has 3 fully saturated rings. The second-order valence-corrected chi connectivity index (χ2v) is 6.46. The zero-order valence-corrected chi connectivity index (χ0v) is 12.1. The largest absolute Gasteiger partial charge is 0.325 e. The molecule has 19 heavy (non-hydrogen) atoms. The molecule has 4 nitrogen and oxygen atoms in total. The van der Waals surface area contributed by atoms with Crippen molar-refractivity contribution >= 4 is 5.91 Å². The van der Waals surface area contributed by atoms with Crippen molar-refractivity contribution in [3.05, 3.63) is 0 Å². The van der Waals surface area contributed by atoms with Crippen LogP contribution < -0.4 is 5.32 Å². The molecule has 2 aliphatic heterocycles. The average Bonchev–Trinajstić information content (AvgIpc) is 3.12. The van der Waals surface area contributed by atoms with Crippen LogP contribution in [0.3, 0.4) is 0 Å². The summed E-state index contributed by atoms with van der Waals surface area (Å²) in [5.74, 6) is 1.72. The van der Waals surface area contributed by atoms with Crippen LogP contribution in [0.4, 0.5) is 0 Å². The number of rotatable bonds is 4. The summed E-state index contributed by atoms with van der Waals surface area (Å²) in [6, 6.07) is 0. The second kappa shape index (κ2) is 5.80. The SMILES string of the molecule is CCN1CCC(CN2C(=O)CNC2C2CCCC2)C1. The molecule has 2 atom stereocenters. The van der Waals surface area contributed by atoms with E-state index in [4.69, 9.17) is 0 Å². The van der Waals surface area contributed by atoms with Crippen LogP contribution >= 0.6 is 0 Å². The molecule has 3 rings (SSSR count). The summed E-state index contributed by atoms with van der Waals surface area (Å²) >= 11 is 0. The van der Waals surface area contributed by atoms with Gasteiger partial charge in [-0.05, 0) is 44.2 Å². The summed E-state index contributed by atoms with van der Waals surface area (Å²) in [4.78, 5) is 16.8. The van der Waals surface area contributed by atoms with Crippen LogP contribution in [0.2, 0.25) is 0 Å². The smallest absolute Gasteiger partial charge is 0.237 e. The van der Waals surface area contributed by atoms with Gasteiger partial charge in [0.25, 0.3) is 0 Å². The van der Waals surface area contributed by atoms with E-state index in [2.05, 4.69) is 22.0 Å². The van der Waals surface area contributed by atoms with Gasteiger partial charge in [-0.2, -0.15) is 0 Å². The number of hydrogen-bond donors (Lipinski definition) is 1. The van der Waals surface area contributed by atoms with Crippen LogP contribution in [0.15, 0.2) is 0 Å². The first-order chi connectivity index (χ1) is 9.28. The Labute approximate surface area is 116 Å². The lowest BCUT2D eigenvalue weighted by Crippen LogP contribution is -2.45. The molecule has 0 spiro atoms. The Kier molecular flexibility index (Phi) is 4.08. The van der Waals surface area contributed by atoms with E-state index in [1.54, 1.807) is 0 Å². The highest BCUT2D eigenvalue weighted by atomic mass is 16.2. The van der Waals surface area contributed by atoms with Gasteiger partial charge in [0.05, 0.1) is 12.7 Å². The fourth-order valence-corrected chi connectivity index (χ4v) is 4.10. The van der Waals surface area contributed by atoms with Crippen LogP contribution in [-0.4, -0.2) is 54.6 Å². The molecule has 1 aliphatic carbocycles. The van der Waals surface area contributed by atoms with Crippen LogP contribution in [0.5, 0.6) is 0 Å². The molecule has 1 N–H and O–H groups in total. The van der Waals surface area contributed by atoms with Gasteiger partial charge in [-0.1, -0.05) is 19.8 Å². The molecule has 2 heterocycles. The minimum Gasteiger partial charge on any atom is -0.325 e. The lowest BCUT2D eigenvalue weighted by molar-refractivity contribution is -0.129. The van der Waals surface area contributed by atoms with E-state index in [1.807, 2.05) is 0 Å². The van der Waals surface area contributed by atoms with Crippen molar-refractivity contribution < 1.29 is 4.79 Å².